The summed E-state index contributed by atoms with van der Waals surface area (Å²) in [5, 5.41) is 11.5. The molecule has 1 aromatic rings. The van der Waals surface area contributed by atoms with E-state index in [1.54, 1.807) is 0 Å². The van der Waals surface area contributed by atoms with Crippen molar-refractivity contribution in [3.05, 3.63) is 35.4 Å². The minimum Gasteiger partial charge on any atom is -0.481 e. The fraction of sp³-hybridized carbons (Fsp3) is 0.556. The van der Waals surface area contributed by atoms with Gasteiger partial charge in [-0.25, -0.2) is 0 Å². The summed E-state index contributed by atoms with van der Waals surface area (Å²) in [6.07, 6.45) is 3.64. The monoisotopic (exact) mass is 305 g/mol. The molecule has 0 heterocycles. The number of carbonyl (C=O) groups excluding carboxylic acids is 1. The fourth-order valence-corrected chi connectivity index (χ4v) is 2.39. The first-order chi connectivity index (χ1) is 10.3. The Morgan fingerprint density at radius 3 is 2.32 bits per heavy atom. The Morgan fingerprint density at radius 1 is 1.05 bits per heavy atom. The first-order valence-electron chi connectivity index (χ1n) is 7.92. The van der Waals surface area contributed by atoms with Crippen molar-refractivity contribution < 1.29 is 14.7 Å². The summed E-state index contributed by atoms with van der Waals surface area (Å²) < 4.78 is 0. The molecule has 1 aromatic carbocycles. The molecule has 0 saturated carbocycles. The van der Waals surface area contributed by atoms with E-state index >= 15 is 0 Å². The smallest absolute Gasteiger partial charge is 0.303 e. The van der Waals surface area contributed by atoms with Crippen molar-refractivity contribution >= 4 is 11.9 Å². The first-order valence-corrected chi connectivity index (χ1v) is 7.92. The first kappa shape index (κ1) is 18.2. The van der Waals surface area contributed by atoms with Crippen molar-refractivity contribution in [1.29, 1.82) is 0 Å². The molecule has 0 aliphatic heterocycles. The van der Waals surface area contributed by atoms with Gasteiger partial charge in [-0.15, -0.1) is 0 Å². The highest BCUT2D eigenvalue weighted by Crippen LogP contribution is 2.25. The molecule has 0 unspecified atom stereocenters. The van der Waals surface area contributed by atoms with Gasteiger partial charge in [0.1, 0.15) is 0 Å². The van der Waals surface area contributed by atoms with E-state index in [1.807, 2.05) is 24.3 Å². The highest BCUT2D eigenvalue weighted by atomic mass is 16.4. The highest BCUT2D eigenvalue weighted by molar-refractivity contribution is 5.96. The van der Waals surface area contributed by atoms with Gasteiger partial charge in [0, 0.05) is 18.5 Å². The van der Waals surface area contributed by atoms with Gasteiger partial charge in [0.2, 0.25) is 0 Å². The molecule has 0 aliphatic carbocycles. The number of hydrogen-bond donors (Lipinski definition) is 2. The molecule has 0 aromatic heterocycles. The number of amides is 1. The van der Waals surface area contributed by atoms with Crippen LogP contribution in [0.25, 0.3) is 0 Å². The molecular weight excluding hydrogens is 278 g/mol. The van der Waals surface area contributed by atoms with E-state index in [2.05, 4.69) is 26.1 Å². The molecule has 22 heavy (non-hydrogen) atoms. The lowest BCUT2D eigenvalue weighted by Crippen LogP contribution is -2.28. The SMILES string of the molecule is CC(C)(C)c1ccccc1C(=O)NCCCCCCC(=O)O. The van der Waals surface area contributed by atoms with E-state index in [4.69, 9.17) is 5.11 Å². The van der Waals surface area contributed by atoms with E-state index in [9.17, 15) is 9.59 Å². The Bertz CT molecular complexity index is 503. The summed E-state index contributed by atoms with van der Waals surface area (Å²) in [6, 6.07) is 7.71. The van der Waals surface area contributed by atoms with Crippen LogP contribution in [-0.2, 0) is 10.2 Å². The third-order valence-corrected chi connectivity index (χ3v) is 3.58. The van der Waals surface area contributed by atoms with E-state index in [1.165, 1.54) is 0 Å². The van der Waals surface area contributed by atoms with Crippen molar-refractivity contribution in [2.45, 2.75) is 58.3 Å². The average molecular weight is 305 g/mol. The number of carboxylic acids is 1. The third-order valence-electron chi connectivity index (χ3n) is 3.58. The van der Waals surface area contributed by atoms with Crippen LogP contribution in [-0.4, -0.2) is 23.5 Å². The normalized spacial score (nSPS) is 11.2. The Kier molecular flexibility index (Phi) is 7.09. The van der Waals surface area contributed by atoms with E-state index in [0.717, 1.165) is 30.4 Å². The van der Waals surface area contributed by atoms with Crippen LogP contribution in [0.15, 0.2) is 24.3 Å². The van der Waals surface area contributed by atoms with Gasteiger partial charge >= 0.3 is 5.97 Å². The highest BCUT2D eigenvalue weighted by Gasteiger charge is 2.20. The van der Waals surface area contributed by atoms with Crippen LogP contribution < -0.4 is 5.32 Å². The molecule has 1 rings (SSSR count). The lowest BCUT2D eigenvalue weighted by molar-refractivity contribution is -0.137. The van der Waals surface area contributed by atoms with Gasteiger partial charge in [-0.1, -0.05) is 51.8 Å². The Balaban J connectivity index is 2.39. The second-order valence-electron chi connectivity index (χ2n) is 6.61. The number of benzene rings is 1. The zero-order valence-electron chi connectivity index (χ0n) is 13.8. The minimum atomic E-state index is -0.743. The van der Waals surface area contributed by atoms with E-state index < -0.39 is 5.97 Å². The number of aliphatic carboxylic acids is 1. The maximum absolute atomic E-state index is 12.3. The van der Waals surface area contributed by atoms with Crippen LogP contribution in [0, 0.1) is 0 Å². The summed E-state index contributed by atoms with van der Waals surface area (Å²) in [5.74, 6) is -0.775. The molecule has 0 radical (unpaired) electrons. The van der Waals surface area contributed by atoms with Crippen LogP contribution >= 0.6 is 0 Å². The number of carboxylic acid groups (broad SMARTS) is 1. The number of rotatable bonds is 8. The molecule has 4 heteroatoms. The topological polar surface area (TPSA) is 66.4 Å². The maximum atomic E-state index is 12.3. The molecule has 0 bridgehead atoms. The molecule has 122 valence electrons. The van der Waals surface area contributed by atoms with Gasteiger partial charge in [-0.3, -0.25) is 9.59 Å². The number of hydrogen-bond acceptors (Lipinski definition) is 2. The predicted octanol–water partition coefficient (Wildman–Crippen LogP) is 3.75. The average Bonchev–Trinajstić information content (AvgIpc) is 2.44. The standard InChI is InChI=1S/C18H27NO3/c1-18(2,3)15-11-8-7-10-14(15)17(22)19-13-9-5-4-6-12-16(20)21/h7-8,10-11H,4-6,9,12-13H2,1-3H3,(H,19,22)(H,20,21). The Hall–Kier alpha value is -1.84. The molecule has 4 nitrogen and oxygen atoms in total. The maximum Gasteiger partial charge on any atom is 0.303 e. The molecule has 0 saturated heterocycles. The van der Waals surface area contributed by atoms with E-state index in [-0.39, 0.29) is 17.7 Å². The molecule has 0 fully saturated rings. The van der Waals surface area contributed by atoms with Crippen molar-refractivity contribution in [3.63, 3.8) is 0 Å². The van der Waals surface area contributed by atoms with Crippen LogP contribution in [0.2, 0.25) is 0 Å². The van der Waals surface area contributed by atoms with Crippen LogP contribution in [0.1, 0.15) is 68.8 Å². The number of carbonyl (C=O) groups is 2. The number of nitrogens with one attached hydrogen (secondary N) is 1. The van der Waals surface area contributed by atoms with Gasteiger partial charge < -0.3 is 10.4 Å². The molecule has 1 amide bonds. The Labute approximate surface area is 132 Å². The Morgan fingerprint density at radius 2 is 1.68 bits per heavy atom. The van der Waals surface area contributed by atoms with Crippen molar-refractivity contribution in [3.8, 4) is 0 Å². The lowest BCUT2D eigenvalue weighted by atomic mass is 9.83. The van der Waals surface area contributed by atoms with Gasteiger partial charge in [0.25, 0.3) is 5.91 Å². The van der Waals surface area contributed by atoms with Gasteiger partial charge in [-0.2, -0.15) is 0 Å². The fourth-order valence-electron chi connectivity index (χ4n) is 2.39. The summed E-state index contributed by atoms with van der Waals surface area (Å²) in [5.41, 5.74) is 1.72. The van der Waals surface area contributed by atoms with Gasteiger partial charge in [-0.05, 0) is 29.9 Å². The summed E-state index contributed by atoms with van der Waals surface area (Å²) >= 11 is 0. The second kappa shape index (κ2) is 8.57. The molecular formula is C18H27NO3. The molecule has 0 aliphatic rings. The molecule has 2 N–H and O–H groups in total. The molecule has 0 atom stereocenters. The summed E-state index contributed by atoms with van der Waals surface area (Å²) in [7, 11) is 0. The van der Waals surface area contributed by atoms with Crippen molar-refractivity contribution in [1.82, 2.24) is 5.32 Å². The van der Waals surface area contributed by atoms with Crippen LogP contribution in [0.4, 0.5) is 0 Å². The lowest BCUT2D eigenvalue weighted by Gasteiger charge is -2.22. The van der Waals surface area contributed by atoms with Gasteiger partial charge in [0.15, 0.2) is 0 Å². The zero-order chi connectivity index (χ0) is 16.6. The quantitative estimate of drug-likeness (QED) is 0.719. The number of unbranched alkanes of at least 4 members (excludes halogenated alkanes) is 3. The molecule has 0 spiro atoms. The zero-order valence-corrected chi connectivity index (χ0v) is 13.8. The summed E-state index contributed by atoms with van der Waals surface area (Å²) in [4.78, 5) is 22.7. The second-order valence-corrected chi connectivity index (χ2v) is 6.61. The van der Waals surface area contributed by atoms with Gasteiger partial charge in [0.05, 0.1) is 0 Å². The largest absolute Gasteiger partial charge is 0.481 e. The van der Waals surface area contributed by atoms with Crippen molar-refractivity contribution in [2.75, 3.05) is 6.54 Å². The summed E-state index contributed by atoms with van der Waals surface area (Å²) in [6.45, 7) is 6.93. The third kappa shape index (κ3) is 6.29. The van der Waals surface area contributed by atoms with Crippen LogP contribution in [0.5, 0.6) is 0 Å². The van der Waals surface area contributed by atoms with Crippen molar-refractivity contribution in [2.24, 2.45) is 0 Å². The van der Waals surface area contributed by atoms with Crippen LogP contribution in [0.3, 0.4) is 0 Å². The minimum absolute atomic E-state index is 0.0314. The van der Waals surface area contributed by atoms with E-state index in [0.29, 0.717) is 13.0 Å². The predicted molar refractivity (Wildman–Crippen MR) is 88.2 cm³/mol.